The fraction of sp³-hybridized carbons (Fsp3) is 1.00. The Morgan fingerprint density at radius 2 is 0.660 bits per heavy atom. The lowest BCUT2D eigenvalue weighted by Crippen LogP contribution is -2.48. The van der Waals surface area contributed by atoms with Crippen LogP contribution in [0.5, 0.6) is 0 Å². The molecule has 47 heavy (non-hydrogen) atoms. The normalized spacial score (nSPS) is 37.0. The molecule has 0 bridgehead atoms. The lowest BCUT2D eigenvalue weighted by molar-refractivity contribution is -0.135. The highest BCUT2D eigenvalue weighted by atomic mass is 16.5. The van der Waals surface area contributed by atoms with E-state index in [-0.39, 0.29) is 46.7 Å². The molecule has 6 fully saturated rings. The van der Waals surface area contributed by atoms with E-state index in [4.69, 9.17) is 9.47 Å². The first-order valence-corrected chi connectivity index (χ1v) is 20.2. The molecule has 0 aliphatic heterocycles. The summed E-state index contributed by atoms with van der Waals surface area (Å²) in [6.07, 6.45) is 22.8. The van der Waals surface area contributed by atoms with Crippen molar-refractivity contribution in [1.29, 1.82) is 0 Å². The second kappa shape index (κ2) is 14.1. The summed E-state index contributed by atoms with van der Waals surface area (Å²) in [5, 5.41) is 46.5. The zero-order valence-electron chi connectivity index (χ0n) is 30.7. The van der Waals surface area contributed by atoms with E-state index in [9.17, 15) is 20.4 Å². The summed E-state index contributed by atoms with van der Waals surface area (Å²) in [4.78, 5) is 0. The number of hydrogen-bond donors (Lipinski definition) is 4. The maximum Gasteiger partial charge on any atom is 0.0676 e. The first-order chi connectivity index (χ1) is 22.1. The van der Waals surface area contributed by atoms with Crippen molar-refractivity contribution >= 4 is 0 Å². The fourth-order valence-electron chi connectivity index (χ4n) is 12.2. The minimum Gasteiger partial charge on any atom is -0.390 e. The molecule has 4 unspecified atom stereocenters. The van der Waals surface area contributed by atoms with Crippen LogP contribution in [0, 0.1) is 34.5 Å². The Balaban J connectivity index is 1.05. The monoisotopic (exact) mass is 661 g/mol. The smallest absolute Gasteiger partial charge is 0.0676 e. The Morgan fingerprint density at radius 3 is 0.894 bits per heavy atom. The van der Waals surface area contributed by atoms with Gasteiger partial charge in [-0.25, -0.2) is 0 Å². The highest BCUT2D eigenvalue weighted by Gasteiger charge is 2.51. The van der Waals surface area contributed by atoms with Crippen LogP contribution < -0.4 is 0 Å². The molecule has 272 valence electrons. The third-order valence-corrected chi connectivity index (χ3v) is 14.6. The van der Waals surface area contributed by atoms with Gasteiger partial charge in [-0.2, -0.15) is 0 Å². The van der Waals surface area contributed by atoms with Gasteiger partial charge in [0.15, 0.2) is 0 Å². The van der Waals surface area contributed by atoms with Crippen LogP contribution in [-0.4, -0.2) is 68.3 Å². The Labute approximate surface area is 287 Å². The average molecular weight is 661 g/mol. The molecule has 0 amide bonds. The van der Waals surface area contributed by atoms with Crippen molar-refractivity contribution in [2.75, 3.05) is 13.2 Å². The molecule has 0 aromatic carbocycles. The molecular weight excluding hydrogens is 588 g/mol. The molecule has 0 heterocycles. The maximum atomic E-state index is 11.6. The van der Waals surface area contributed by atoms with E-state index in [1.807, 2.05) is 0 Å². The van der Waals surface area contributed by atoms with Crippen molar-refractivity contribution in [2.45, 2.75) is 210 Å². The second-order valence-electron chi connectivity index (χ2n) is 19.8. The van der Waals surface area contributed by atoms with Gasteiger partial charge in [-0.1, -0.05) is 79.1 Å². The van der Waals surface area contributed by atoms with Crippen LogP contribution in [0.25, 0.3) is 0 Å². The fourth-order valence-corrected chi connectivity index (χ4v) is 12.2. The van der Waals surface area contributed by atoms with Crippen molar-refractivity contribution in [3.8, 4) is 0 Å². The van der Waals surface area contributed by atoms with E-state index in [1.165, 1.54) is 0 Å². The molecule has 4 N–H and O–H groups in total. The van der Waals surface area contributed by atoms with Gasteiger partial charge in [0, 0.05) is 0 Å². The predicted molar refractivity (Wildman–Crippen MR) is 187 cm³/mol. The zero-order valence-corrected chi connectivity index (χ0v) is 30.7. The molecule has 4 atom stereocenters. The molecule has 0 aromatic heterocycles. The highest BCUT2D eigenvalue weighted by Crippen LogP contribution is 2.52. The van der Waals surface area contributed by atoms with Gasteiger partial charge in [0.2, 0.25) is 0 Å². The Hall–Kier alpha value is -0.240. The molecule has 0 saturated heterocycles. The SMILES string of the molecule is CC(C)(COC1CC(C2(O)CCCC2)CC(C2(O)CCCC2)C1)CC(C)(C)COC1CC(C2(O)CCCC2)CC(C2(O)CCCC2)C1. The maximum absolute atomic E-state index is 11.6. The summed E-state index contributed by atoms with van der Waals surface area (Å²) in [6, 6.07) is 0. The topological polar surface area (TPSA) is 99.4 Å². The van der Waals surface area contributed by atoms with Crippen LogP contribution >= 0.6 is 0 Å². The molecule has 6 saturated carbocycles. The van der Waals surface area contributed by atoms with Gasteiger partial charge in [-0.05, 0) is 131 Å². The molecular formula is C41H72O6. The zero-order chi connectivity index (χ0) is 33.6. The molecule has 0 spiro atoms. The largest absolute Gasteiger partial charge is 0.390 e. The number of rotatable bonds is 12. The summed E-state index contributed by atoms with van der Waals surface area (Å²) < 4.78 is 13.6. The predicted octanol–water partition coefficient (Wildman–Crippen LogP) is 8.25. The Kier molecular flexibility index (Phi) is 10.9. The van der Waals surface area contributed by atoms with Gasteiger partial charge < -0.3 is 29.9 Å². The van der Waals surface area contributed by atoms with Crippen molar-refractivity contribution in [2.24, 2.45) is 34.5 Å². The summed E-state index contributed by atoms with van der Waals surface area (Å²) in [5.41, 5.74) is -2.41. The van der Waals surface area contributed by atoms with Crippen molar-refractivity contribution in [3.63, 3.8) is 0 Å². The number of aliphatic hydroxyl groups is 4. The van der Waals surface area contributed by atoms with Crippen LogP contribution in [-0.2, 0) is 9.47 Å². The molecule has 6 aliphatic carbocycles. The van der Waals surface area contributed by atoms with E-state index in [1.54, 1.807) is 0 Å². The van der Waals surface area contributed by atoms with Crippen LogP contribution in [0.1, 0.15) is 175 Å². The summed E-state index contributed by atoms with van der Waals surface area (Å²) in [6.45, 7) is 10.6. The lowest BCUT2D eigenvalue weighted by atomic mass is 9.65. The van der Waals surface area contributed by atoms with E-state index in [0.717, 1.165) is 148 Å². The van der Waals surface area contributed by atoms with Crippen LogP contribution in [0.4, 0.5) is 0 Å². The summed E-state index contributed by atoms with van der Waals surface area (Å²) >= 11 is 0. The first-order valence-electron chi connectivity index (χ1n) is 20.2. The minimum atomic E-state index is -0.581. The quantitative estimate of drug-likeness (QED) is 0.168. The molecule has 6 rings (SSSR count). The molecule has 6 nitrogen and oxygen atoms in total. The van der Waals surface area contributed by atoms with Crippen LogP contribution in [0.3, 0.4) is 0 Å². The third kappa shape index (κ3) is 8.46. The summed E-state index contributed by atoms with van der Waals surface area (Å²) in [5.74, 6) is 0.885. The number of hydrogen-bond acceptors (Lipinski definition) is 6. The van der Waals surface area contributed by atoms with Gasteiger partial charge in [0.05, 0.1) is 47.8 Å². The lowest BCUT2D eigenvalue weighted by Gasteiger charge is -2.47. The Morgan fingerprint density at radius 1 is 0.426 bits per heavy atom. The van der Waals surface area contributed by atoms with Crippen molar-refractivity contribution in [1.82, 2.24) is 0 Å². The standard InChI is InChI=1S/C41H72O6/c1-36(2,28-46-34-23-30(38(42)13-5-6-14-38)21-31(24-34)39(43)15-7-8-16-39)27-37(3,4)29-47-35-25-32(40(44)17-9-10-18-40)22-33(26-35)41(45)19-11-12-20-41/h30-35,42-45H,5-29H2,1-4H3. The molecule has 0 radical (unpaired) electrons. The van der Waals surface area contributed by atoms with Gasteiger partial charge >= 0.3 is 0 Å². The van der Waals surface area contributed by atoms with Crippen LogP contribution in [0.2, 0.25) is 0 Å². The molecule has 6 aliphatic rings. The number of ether oxygens (including phenoxy) is 2. The van der Waals surface area contributed by atoms with Crippen LogP contribution in [0.15, 0.2) is 0 Å². The van der Waals surface area contributed by atoms with Crippen molar-refractivity contribution in [3.05, 3.63) is 0 Å². The second-order valence-corrected chi connectivity index (χ2v) is 19.8. The average Bonchev–Trinajstić information content (AvgIpc) is 3.85. The summed E-state index contributed by atoms with van der Waals surface area (Å²) in [7, 11) is 0. The Bertz CT molecular complexity index is 873. The third-order valence-electron chi connectivity index (χ3n) is 14.6. The minimum absolute atomic E-state index is 0.0422. The van der Waals surface area contributed by atoms with E-state index in [0.29, 0.717) is 13.2 Å². The van der Waals surface area contributed by atoms with Gasteiger partial charge in [-0.3, -0.25) is 0 Å². The highest BCUT2D eigenvalue weighted by molar-refractivity contribution is 5.03. The van der Waals surface area contributed by atoms with E-state index in [2.05, 4.69) is 27.7 Å². The van der Waals surface area contributed by atoms with Gasteiger partial charge in [0.25, 0.3) is 0 Å². The van der Waals surface area contributed by atoms with Gasteiger partial charge in [-0.15, -0.1) is 0 Å². The first kappa shape index (κ1) is 36.5. The van der Waals surface area contributed by atoms with E-state index < -0.39 is 22.4 Å². The van der Waals surface area contributed by atoms with E-state index >= 15 is 0 Å². The van der Waals surface area contributed by atoms with Gasteiger partial charge in [0.1, 0.15) is 0 Å². The molecule has 6 heteroatoms. The van der Waals surface area contributed by atoms with Crippen molar-refractivity contribution < 1.29 is 29.9 Å². The molecule has 0 aromatic rings.